The second kappa shape index (κ2) is 6.70. The molecule has 1 aliphatic rings. The molecular weight excluding hydrogens is 314 g/mol. The SMILES string of the molecule is Brc1ccc2cccc(CCCN3CCOCC3)c2c1. The van der Waals surface area contributed by atoms with Crippen molar-refractivity contribution in [1.29, 1.82) is 0 Å². The van der Waals surface area contributed by atoms with Crippen molar-refractivity contribution < 1.29 is 4.74 Å². The first-order valence-electron chi connectivity index (χ1n) is 7.30. The van der Waals surface area contributed by atoms with Crippen LogP contribution in [-0.2, 0) is 11.2 Å². The fourth-order valence-corrected chi connectivity index (χ4v) is 3.21. The number of halogens is 1. The standard InChI is InChI=1S/C17H20BrNO/c18-16-7-6-15-4-1-3-14(17(15)13-16)5-2-8-19-9-11-20-12-10-19/h1,3-4,6-7,13H,2,5,8-12H2. The van der Waals surface area contributed by atoms with E-state index in [4.69, 9.17) is 4.74 Å². The molecule has 2 nitrogen and oxygen atoms in total. The molecule has 0 spiro atoms. The maximum Gasteiger partial charge on any atom is 0.0594 e. The predicted molar refractivity (Wildman–Crippen MR) is 87.2 cm³/mol. The lowest BCUT2D eigenvalue weighted by Gasteiger charge is -2.26. The topological polar surface area (TPSA) is 12.5 Å². The van der Waals surface area contributed by atoms with Crippen molar-refractivity contribution in [3.05, 3.63) is 46.4 Å². The van der Waals surface area contributed by atoms with Crippen LogP contribution in [0, 0.1) is 0 Å². The second-order valence-corrected chi connectivity index (χ2v) is 6.26. The minimum atomic E-state index is 0.890. The summed E-state index contributed by atoms with van der Waals surface area (Å²) >= 11 is 3.58. The fourth-order valence-electron chi connectivity index (χ4n) is 2.85. The summed E-state index contributed by atoms with van der Waals surface area (Å²) in [6, 6.07) is 13.1. The Balaban J connectivity index is 1.66. The van der Waals surface area contributed by atoms with E-state index in [-0.39, 0.29) is 0 Å². The summed E-state index contributed by atoms with van der Waals surface area (Å²) < 4.78 is 6.55. The number of ether oxygens (including phenoxy) is 1. The number of nitrogens with zero attached hydrogens (tertiary/aromatic N) is 1. The third-order valence-electron chi connectivity index (χ3n) is 3.96. The first-order valence-corrected chi connectivity index (χ1v) is 8.09. The van der Waals surface area contributed by atoms with Gasteiger partial charge >= 0.3 is 0 Å². The summed E-state index contributed by atoms with van der Waals surface area (Å²) in [5, 5.41) is 2.71. The highest BCUT2D eigenvalue weighted by atomic mass is 79.9. The van der Waals surface area contributed by atoms with Crippen LogP contribution in [0.2, 0.25) is 0 Å². The monoisotopic (exact) mass is 333 g/mol. The van der Waals surface area contributed by atoms with Crippen LogP contribution in [0.1, 0.15) is 12.0 Å². The smallest absolute Gasteiger partial charge is 0.0594 e. The molecule has 0 N–H and O–H groups in total. The highest BCUT2D eigenvalue weighted by molar-refractivity contribution is 9.10. The minimum Gasteiger partial charge on any atom is -0.379 e. The molecule has 106 valence electrons. The van der Waals surface area contributed by atoms with Gasteiger partial charge in [0.2, 0.25) is 0 Å². The fraction of sp³-hybridized carbons (Fsp3) is 0.412. The predicted octanol–water partition coefficient (Wildman–Crippen LogP) is 3.87. The van der Waals surface area contributed by atoms with Crippen LogP contribution in [-0.4, -0.2) is 37.7 Å². The van der Waals surface area contributed by atoms with Gasteiger partial charge in [0.25, 0.3) is 0 Å². The first kappa shape index (κ1) is 14.1. The summed E-state index contributed by atoms with van der Waals surface area (Å²) in [6.45, 7) is 5.12. The van der Waals surface area contributed by atoms with Crippen LogP contribution in [0.15, 0.2) is 40.9 Å². The zero-order chi connectivity index (χ0) is 13.8. The van der Waals surface area contributed by atoms with Gasteiger partial charge < -0.3 is 4.74 Å². The number of hydrogen-bond donors (Lipinski definition) is 0. The molecule has 0 aliphatic carbocycles. The average molecular weight is 334 g/mol. The van der Waals surface area contributed by atoms with E-state index in [9.17, 15) is 0 Å². The van der Waals surface area contributed by atoms with Gasteiger partial charge in [0.05, 0.1) is 13.2 Å². The first-order chi connectivity index (χ1) is 9.83. The average Bonchev–Trinajstić information content (AvgIpc) is 2.49. The summed E-state index contributed by atoms with van der Waals surface area (Å²) in [5.74, 6) is 0. The summed E-state index contributed by atoms with van der Waals surface area (Å²) in [5.41, 5.74) is 1.46. The lowest BCUT2D eigenvalue weighted by atomic mass is 10.0. The van der Waals surface area contributed by atoms with Crippen LogP contribution in [0.4, 0.5) is 0 Å². The summed E-state index contributed by atoms with van der Waals surface area (Å²) in [6.07, 6.45) is 2.36. The van der Waals surface area contributed by atoms with Gasteiger partial charge in [-0.3, -0.25) is 4.90 Å². The molecule has 2 aromatic rings. The van der Waals surface area contributed by atoms with E-state index in [1.807, 2.05) is 0 Å². The molecule has 0 bridgehead atoms. The number of hydrogen-bond acceptors (Lipinski definition) is 2. The van der Waals surface area contributed by atoms with Crippen LogP contribution in [0.25, 0.3) is 10.8 Å². The van der Waals surface area contributed by atoms with Crippen molar-refractivity contribution in [1.82, 2.24) is 4.90 Å². The molecule has 0 atom stereocenters. The van der Waals surface area contributed by atoms with Gasteiger partial charge in [0, 0.05) is 17.6 Å². The van der Waals surface area contributed by atoms with Crippen molar-refractivity contribution >= 4 is 26.7 Å². The third kappa shape index (κ3) is 3.40. The Morgan fingerprint density at radius 1 is 1.10 bits per heavy atom. The molecule has 0 aromatic heterocycles. The van der Waals surface area contributed by atoms with Crippen LogP contribution < -0.4 is 0 Å². The number of fused-ring (bicyclic) bond motifs is 1. The van der Waals surface area contributed by atoms with E-state index in [0.29, 0.717) is 0 Å². The Hall–Kier alpha value is -0.900. The number of rotatable bonds is 4. The van der Waals surface area contributed by atoms with E-state index >= 15 is 0 Å². The van der Waals surface area contributed by atoms with Gasteiger partial charge in [-0.1, -0.05) is 40.2 Å². The molecule has 0 unspecified atom stereocenters. The zero-order valence-corrected chi connectivity index (χ0v) is 13.2. The van der Waals surface area contributed by atoms with E-state index < -0.39 is 0 Å². The zero-order valence-electron chi connectivity index (χ0n) is 11.6. The van der Waals surface area contributed by atoms with E-state index in [1.165, 1.54) is 29.3 Å². The van der Waals surface area contributed by atoms with Crippen LogP contribution in [0.5, 0.6) is 0 Å². The molecule has 0 amide bonds. The van der Waals surface area contributed by atoms with Gasteiger partial charge in [0.1, 0.15) is 0 Å². The van der Waals surface area contributed by atoms with Crippen molar-refractivity contribution in [2.24, 2.45) is 0 Å². The molecule has 3 heteroatoms. The second-order valence-electron chi connectivity index (χ2n) is 5.34. The molecule has 1 heterocycles. The van der Waals surface area contributed by atoms with Crippen molar-refractivity contribution in [3.63, 3.8) is 0 Å². The van der Waals surface area contributed by atoms with Gasteiger partial charge in [-0.15, -0.1) is 0 Å². The van der Waals surface area contributed by atoms with Crippen LogP contribution >= 0.6 is 15.9 Å². The van der Waals surface area contributed by atoms with Crippen LogP contribution in [0.3, 0.4) is 0 Å². The highest BCUT2D eigenvalue weighted by Gasteiger charge is 2.10. The Labute approximate surface area is 128 Å². The van der Waals surface area contributed by atoms with Gasteiger partial charge in [-0.25, -0.2) is 0 Å². The van der Waals surface area contributed by atoms with Gasteiger partial charge in [0.15, 0.2) is 0 Å². The van der Waals surface area contributed by atoms with E-state index in [1.54, 1.807) is 0 Å². The molecule has 1 fully saturated rings. The summed E-state index contributed by atoms with van der Waals surface area (Å²) in [4.78, 5) is 2.50. The maximum atomic E-state index is 5.39. The normalized spacial score (nSPS) is 16.6. The Bertz CT molecular complexity index is 578. The maximum absolute atomic E-state index is 5.39. The number of morpholine rings is 1. The largest absolute Gasteiger partial charge is 0.379 e. The molecular formula is C17H20BrNO. The summed E-state index contributed by atoms with van der Waals surface area (Å²) in [7, 11) is 0. The molecule has 2 aromatic carbocycles. The number of benzene rings is 2. The van der Waals surface area contributed by atoms with Gasteiger partial charge in [-0.2, -0.15) is 0 Å². The Kier molecular flexibility index (Phi) is 4.71. The van der Waals surface area contributed by atoms with Crippen molar-refractivity contribution in [3.8, 4) is 0 Å². The molecule has 1 aliphatic heterocycles. The van der Waals surface area contributed by atoms with Gasteiger partial charge in [-0.05, 0) is 47.9 Å². The van der Waals surface area contributed by atoms with Crippen molar-refractivity contribution in [2.75, 3.05) is 32.8 Å². The van der Waals surface area contributed by atoms with Crippen molar-refractivity contribution in [2.45, 2.75) is 12.8 Å². The molecule has 0 saturated carbocycles. The lowest BCUT2D eigenvalue weighted by Crippen LogP contribution is -2.36. The van der Waals surface area contributed by atoms with E-state index in [2.05, 4.69) is 57.2 Å². The minimum absolute atomic E-state index is 0.890. The number of aryl methyl sites for hydroxylation is 1. The molecule has 20 heavy (non-hydrogen) atoms. The van der Waals surface area contributed by atoms with E-state index in [0.717, 1.165) is 37.2 Å². The molecule has 0 radical (unpaired) electrons. The highest BCUT2D eigenvalue weighted by Crippen LogP contribution is 2.24. The quantitative estimate of drug-likeness (QED) is 0.842. The molecule has 1 saturated heterocycles. The Morgan fingerprint density at radius 3 is 2.80 bits per heavy atom. The third-order valence-corrected chi connectivity index (χ3v) is 4.45. The lowest BCUT2D eigenvalue weighted by molar-refractivity contribution is 0.0375. The molecule has 3 rings (SSSR count). The Morgan fingerprint density at radius 2 is 1.95 bits per heavy atom.